The first-order valence-electron chi connectivity index (χ1n) is 7.78. The lowest BCUT2D eigenvalue weighted by Crippen LogP contribution is -2.08. The molecular formula is C18H19ClN6. The fraction of sp³-hybridized carbons (Fsp3) is 0.167. The number of anilines is 5. The van der Waals surface area contributed by atoms with E-state index >= 15 is 0 Å². The molecular weight excluding hydrogens is 336 g/mol. The Kier molecular flexibility index (Phi) is 5.00. The maximum absolute atomic E-state index is 6.05. The van der Waals surface area contributed by atoms with Crippen molar-refractivity contribution in [3.63, 3.8) is 0 Å². The molecule has 0 aliphatic heterocycles. The van der Waals surface area contributed by atoms with E-state index < -0.39 is 0 Å². The van der Waals surface area contributed by atoms with Crippen LogP contribution in [-0.2, 0) is 0 Å². The highest BCUT2D eigenvalue weighted by atomic mass is 35.5. The number of aromatic nitrogens is 3. The third-order valence-electron chi connectivity index (χ3n) is 3.66. The number of hydrogen-bond donors (Lipinski definition) is 2. The predicted octanol–water partition coefficient (Wildman–Crippen LogP) is 4.39. The number of nitrogens with zero attached hydrogens (tertiary/aromatic N) is 4. The molecule has 7 heteroatoms. The average molecular weight is 355 g/mol. The molecule has 2 aromatic carbocycles. The molecule has 128 valence electrons. The lowest BCUT2D eigenvalue weighted by atomic mass is 10.2. The molecule has 0 fully saturated rings. The first-order valence-corrected chi connectivity index (χ1v) is 8.16. The zero-order chi connectivity index (χ0) is 17.8. The van der Waals surface area contributed by atoms with Crippen LogP contribution in [0, 0.1) is 6.92 Å². The van der Waals surface area contributed by atoms with Gasteiger partial charge in [0.15, 0.2) is 5.82 Å². The minimum atomic E-state index is 0.419. The summed E-state index contributed by atoms with van der Waals surface area (Å²) >= 11 is 6.05. The molecule has 0 spiro atoms. The topological polar surface area (TPSA) is 66.0 Å². The Morgan fingerprint density at radius 2 is 1.76 bits per heavy atom. The molecule has 0 radical (unpaired) electrons. The molecule has 6 nitrogen and oxygen atoms in total. The van der Waals surface area contributed by atoms with Gasteiger partial charge in [-0.25, -0.2) is 0 Å². The fourth-order valence-corrected chi connectivity index (χ4v) is 2.43. The Morgan fingerprint density at radius 3 is 2.48 bits per heavy atom. The zero-order valence-electron chi connectivity index (χ0n) is 14.3. The summed E-state index contributed by atoms with van der Waals surface area (Å²) in [5.41, 5.74) is 3.96. The summed E-state index contributed by atoms with van der Waals surface area (Å²) in [6.45, 7) is 2.00. The molecule has 3 rings (SSSR count). The van der Waals surface area contributed by atoms with Crippen molar-refractivity contribution >= 4 is 40.4 Å². The maximum Gasteiger partial charge on any atom is 0.249 e. The Labute approximate surface area is 151 Å². The van der Waals surface area contributed by atoms with E-state index in [-0.39, 0.29) is 0 Å². The second-order valence-corrected chi connectivity index (χ2v) is 6.25. The highest BCUT2D eigenvalue weighted by Gasteiger charge is 2.05. The summed E-state index contributed by atoms with van der Waals surface area (Å²) in [6.07, 6.45) is 1.57. The van der Waals surface area contributed by atoms with E-state index in [4.69, 9.17) is 11.6 Å². The van der Waals surface area contributed by atoms with Gasteiger partial charge in [-0.15, -0.1) is 5.10 Å². The molecule has 0 atom stereocenters. The van der Waals surface area contributed by atoms with Gasteiger partial charge in [-0.3, -0.25) is 0 Å². The summed E-state index contributed by atoms with van der Waals surface area (Å²) in [4.78, 5) is 6.48. The quantitative estimate of drug-likeness (QED) is 0.708. The highest BCUT2D eigenvalue weighted by molar-refractivity contribution is 6.30. The van der Waals surface area contributed by atoms with E-state index in [1.807, 2.05) is 68.4 Å². The first-order chi connectivity index (χ1) is 12.0. The van der Waals surface area contributed by atoms with Crippen molar-refractivity contribution in [2.45, 2.75) is 6.92 Å². The van der Waals surface area contributed by atoms with Gasteiger partial charge in [0.1, 0.15) is 0 Å². The van der Waals surface area contributed by atoms with Gasteiger partial charge in [-0.05, 0) is 48.9 Å². The first kappa shape index (κ1) is 17.0. The number of rotatable bonds is 5. The van der Waals surface area contributed by atoms with Crippen LogP contribution in [0.5, 0.6) is 0 Å². The molecule has 3 aromatic rings. The molecule has 0 bridgehead atoms. The minimum absolute atomic E-state index is 0.419. The maximum atomic E-state index is 6.05. The second-order valence-electron chi connectivity index (χ2n) is 5.82. The SMILES string of the molecule is Cc1ccc(Cl)cc1Nc1cnnc(Nc2ccc(N(C)C)cc2)n1. The average Bonchev–Trinajstić information content (AvgIpc) is 2.59. The van der Waals surface area contributed by atoms with E-state index in [9.17, 15) is 0 Å². The van der Waals surface area contributed by atoms with Crippen molar-refractivity contribution in [1.29, 1.82) is 0 Å². The number of aryl methyl sites for hydroxylation is 1. The molecule has 0 aliphatic carbocycles. The summed E-state index contributed by atoms with van der Waals surface area (Å²) in [5, 5.41) is 15.1. The van der Waals surface area contributed by atoms with Crippen LogP contribution in [0.4, 0.5) is 28.8 Å². The van der Waals surface area contributed by atoms with Gasteiger partial charge in [0.05, 0.1) is 6.20 Å². The number of hydrogen-bond acceptors (Lipinski definition) is 6. The van der Waals surface area contributed by atoms with Crippen molar-refractivity contribution in [3.05, 3.63) is 59.2 Å². The van der Waals surface area contributed by atoms with Crippen molar-refractivity contribution < 1.29 is 0 Å². The van der Waals surface area contributed by atoms with Gasteiger partial charge in [-0.1, -0.05) is 17.7 Å². The molecule has 1 aromatic heterocycles. The van der Waals surface area contributed by atoms with Crippen molar-refractivity contribution in [2.75, 3.05) is 29.6 Å². The molecule has 0 amide bonds. The molecule has 25 heavy (non-hydrogen) atoms. The Hall–Kier alpha value is -2.86. The van der Waals surface area contributed by atoms with Crippen LogP contribution in [0.15, 0.2) is 48.7 Å². The van der Waals surface area contributed by atoms with Gasteiger partial charge in [0, 0.05) is 36.2 Å². The highest BCUT2D eigenvalue weighted by Crippen LogP contribution is 2.24. The monoisotopic (exact) mass is 354 g/mol. The summed E-state index contributed by atoms with van der Waals surface area (Å²) in [5.74, 6) is 1.01. The van der Waals surface area contributed by atoms with Crippen LogP contribution in [0.25, 0.3) is 0 Å². The van der Waals surface area contributed by atoms with Gasteiger partial charge >= 0.3 is 0 Å². The molecule has 0 aliphatic rings. The molecule has 0 unspecified atom stereocenters. The van der Waals surface area contributed by atoms with Crippen molar-refractivity contribution in [2.24, 2.45) is 0 Å². The van der Waals surface area contributed by atoms with Gasteiger partial charge in [0.25, 0.3) is 0 Å². The molecule has 2 N–H and O–H groups in total. The van der Waals surface area contributed by atoms with Crippen LogP contribution >= 0.6 is 11.6 Å². The third-order valence-corrected chi connectivity index (χ3v) is 3.90. The minimum Gasteiger partial charge on any atom is -0.378 e. The van der Waals surface area contributed by atoms with Crippen molar-refractivity contribution in [1.82, 2.24) is 15.2 Å². The third kappa shape index (κ3) is 4.36. The normalized spacial score (nSPS) is 10.4. The number of halogens is 1. The van der Waals surface area contributed by atoms with Gasteiger partial charge in [0.2, 0.25) is 5.95 Å². The van der Waals surface area contributed by atoms with Gasteiger partial charge in [-0.2, -0.15) is 10.1 Å². The molecule has 0 saturated carbocycles. The summed E-state index contributed by atoms with van der Waals surface area (Å²) in [7, 11) is 4.00. The van der Waals surface area contributed by atoms with E-state index in [2.05, 4.69) is 25.8 Å². The Bertz CT molecular complexity index is 864. The van der Waals surface area contributed by atoms with E-state index in [0.29, 0.717) is 16.8 Å². The lowest BCUT2D eigenvalue weighted by molar-refractivity contribution is 0.982. The number of nitrogens with one attached hydrogen (secondary N) is 2. The summed E-state index contributed by atoms with van der Waals surface area (Å²) < 4.78 is 0. The Morgan fingerprint density at radius 1 is 1.00 bits per heavy atom. The Balaban J connectivity index is 1.76. The number of benzene rings is 2. The standard InChI is InChI=1S/C18H19ClN6/c1-12-4-5-13(19)10-16(12)22-17-11-20-24-18(23-17)21-14-6-8-15(9-7-14)25(2)3/h4-11H,1-3H3,(H2,21,22,23,24). The van der Waals surface area contributed by atoms with Crippen LogP contribution in [0.3, 0.4) is 0 Å². The summed E-state index contributed by atoms with van der Waals surface area (Å²) in [6, 6.07) is 13.6. The smallest absolute Gasteiger partial charge is 0.249 e. The zero-order valence-corrected chi connectivity index (χ0v) is 15.0. The van der Waals surface area contributed by atoms with Crippen LogP contribution in [0.1, 0.15) is 5.56 Å². The van der Waals surface area contributed by atoms with Crippen LogP contribution in [0.2, 0.25) is 5.02 Å². The largest absolute Gasteiger partial charge is 0.378 e. The van der Waals surface area contributed by atoms with E-state index in [1.54, 1.807) is 6.20 Å². The molecule has 1 heterocycles. The van der Waals surface area contributed by atoms with Crippen LogP contribution < -0.4 is 15.5 Å². The predicted molar refractivity (Wildman–Crippen MR) is 103 cm³/mol. The van der Waals surface area contributed by atoms with Crippen molar-refractivity contribution in [3.8, 4) is 0 Å². The van der Waals surface area contributed by atoms with Gasteiger partial charge < -0.3 is 15.5 Å². The van der Waals surface area contributed by atoms with E-state index in [1.165, 1.54) is 0 Å². The fourth-order valence-electron chi connectivity index (χ4n) is 2.26. The lowest BCUT2D eigenvalue weighted by Gasteiger charge is -2.13. The molecule has 0 saturated heterocycles. The van der Waals surface area contributed by atoms with E-state index in [0.717, 1.165) is 22.6 Å². The second kappa shape index (κ2) is 7.36. The van der Waals surface area contributed by atoms with Crippen LogP contribution in [-0.4, -0.2) is 29.3 Å².